The van der Waals surface area contributed by atoms with E-state index in [1.165, 1.54) is 0 Å². The van der Waals surface area contributed by atoms with Gasteiger partial charge in [0.05, 0.1) is 0 Å². The number of nitrogens with one attached hydrogen (secondary N) is 1. The van der Waals surface area contributed by atoms with Crippen LogP contribution in [0.2, 0.25) is 0 Å². The van der Waals surface area contributed by atoms with Gasteiger partial charge in [0.15, 0.2) is 22.2 Å². The summed E-state index contributed by atoms with van der Waals surface area (Å²) in [6.45, 7) is 1.87. The van der Waals surface area contributed by atoms with Crippen molar-refractivity contribution in [3.63, 3.8) is 0 Å². The van der Waals surface area contributed by atoms with Crippen LogP contribution in [0.15, 0.2) is 33.8 Å². The number of hydrogen-bond acceptors (Lipinski definition) is 7. The van der Waals surface area contributed by atoms with E-state index in [2.05, 4.69) is 9.88 Å². The number of fused-ring (bicyclic) bond motifs is 1. The van der Waals surface area contributed by atoms with Gasteiger partial charge in [-0.05, 0) is 24.6 Å². The smallest absolute Gasteiger partial charge is 0.246 e. The molecule has 2 aromatic rings. The Morgan fingerprint density at radius 3 is 2.80 bits per heavy atom. The van der Waals surface area contributed by atoms with Gasteiger partial charge >= 0.3 is 0 Å². The van der Waals surface area contributed by atoms with Crippen LogP contribution in [0, 0.1) is 6.92 Å². The average Bonchev–Trinajstić information content (AvgIpc) is 3.17. The van der Waals surface area contributed by atoms with Gasteiger partial charge in [-0.2, -0.15) is 0 Å². The van der Waals surface area contributed by atoms with E-state index in [0.717, 1.165) is 5.56 Å². The Kier molecular flexibility index (Phi) is 4.69. The van der Waals surface area contributed by atoms with Crippen LogP contribution in [0.4, 0.5) is 0 Å². The first-order valence-corrected chi connectivity index (χ1v) is 9.04. The lowest BCUT2D eigenvalue weighted by molar-refractivity contribution is 0.174. The van der Waals surface area contributed by atoms with Gasteiger partial charge in [-0.25, -0.2) is 13.1 Å². The van der Waals surface area contributed by atoms with E-state index in [-0.39, 0.29) is 24.0 Å². The lowest BCUT2D eigenvalue weighted by Gasteiger charge is -2.07. The van der Waals surface area contributed by atoms with Gasteiger partial charge in [0.25, 0.3) is 0 Å². The molecule has 0 radical (unpaired) electrons. The Balaban J connectivity index is 1.79. The highest BCUT2D eigenvalue weighted by molar-refractivity contribution is 7.89. The van der Waals surface area contributed by atoms with Crippen LogP contribution in [-0.4, -0.2) is 39.4 Å². The van der Waals surface area contributed by atoms with Crippen molar-refractivity contribution < 1.29 is 22.4 Å². The molecule has 0 fully saturated rings. The van der Waals surface area contributed by atoms with Crippen molar-refractivity contribution in [2.75, 3.05) is 20.9 Å². The predicted molar refractivity (Wildman–Crippen MR) is 90.6 cm³/mol. The predicted octanol–water partition coefficient (Wildman–Crippen LogP) is 1.72. The zero-order valence-corrected chi connectivity index (χ0v) is 15.0. The molecule has 1 aliphatic heterocycles. The highest BCUT2D eigenvalue weighted by atomic mass is 32.2. The third-order valence-corrected chi connectivity index (χ3v) is 5.09. The number of rotatable bonds is 6. The number of benzene rings is 1. The molecular weight excluding hydrogens is 346 g/mol. The summed E-state index contributed by atoms with van der Waals surface area (Å²) < 4.78 is 43.6. The van der Waals surface area contributed by atoms with Crippen molar-refractivity contribution in [2.24, 2.45) is 0 Å². The number of hydrogen-bond donors (Lipinski definition) is 1. The molecular formula is C16H19N3O5S. The first kappa shape index (κ1) is 17.3. The van der Waals surface area contributed by atoms with Crippen LogP contribution < -0.4 is 14.2 Å². The highest BCUT2D eigenvalue weighted by Gasteiger charge is 2.25. The molecule has 9 heteroatoms. The van der Waals surface area contributed by atoms with E-state index in [9.17, 15) is 8.42 Å². The van der Waals surface area contributed by atoms with Crippen LogP contribution in [-0.2, 0) is 16.6 Å². The molecule has 0 unspecified atom stereocenters. The van der Waals surface area contributed by atoms with Gasteiger partial charge in [0, 0.05) is 32.9 Å². The summed E-state index contributed by atoms with van der Waals surface area (Å²) in [5.74, 6) is 1.44. The van der Waals surface area contributed by atoms with Gasteiger partial charge in [-0.15, -0.1) is 0 Å². The highest BCUT2D eigenvalue weighted by Crippen LogP contribution is 2.32. The zero-order chi connectivity index (χ0) is 18.0. The molecule has 1 aromatic heterocycles. The molecule has 0 atom stereocenters. The monoisotopic (exact) mass is 365 g/mol. The number of aromatic nitrogens is 1. The minimum Gasteiger partial charge on any atom is -0.454 e. The SMILES string of the molecule is Cc1noc(/C=C/N(C)C)c1S(=O)(=O)NCc1ccc2c(c1)OCO2. The molecule has 0 bridgehead atoms. The van der Waals surface area contributed by atoms with Gasteiger partial charge in [0.2, 0.25) is 16.8 Å². The van der Waals surface area contributed by atoms with E-state index >= 15 is 0 Å². The molecule has 0 spiro atoms. The molecule has 134 valence electrons. The van der Waals surface area contributed by atoms with E-state index in [1.54, 1.807) is 42.3 Å². The summed E-state index contributed by atoms with van der Waals surface area (Å²) in [5, 5.41) is 3.76. The fourth-order valence-corrected chi connectivity index (χ4v) is 3.63. The van der Waals surface area contributed by atoms with E-state index in [1.807, 2.05) is 14.1 Å². The van der Waals surface area contributed by atoms with Crippen LogP contribution in [0.3, 0.4) is 0 Å². The summed E-state index contributed by atoms with van der Waals surface area (Å²) in [6, 6.07) is 5.28. The molecule has 0 saturated heterocycles. The maximum atomic E-state index is 12.7. The Bertz CT molecular complexity index is 902. The van der Waals surface area contributed by atoms with Crippen LogP contribution in [0.25, 0.3) is 6.08 Å². The average molecular weight is 365 g/mol. The molecule has 2 heterocycles. The Morgan fingerprint density at radius 1 is 1.28 bits per heavy atom. The van der Waals surface area contributed by atoms with Crippen molar-refractivity contribution >= 4 is 16.1 Å². The molecule has 25 heavy (non-hydrogen) atoms. The number of ether oxygens (including phenoxy) is 2. The minimum absolute atomic E-state index is 0.0337. The van der Waals surface area contributed by atoms with E-state index in [0.29, 0.717) is 17.2 Å². The summed E-state index contributed by atoms with van der Waals surface area (Å²) in [5.41, 5.74) is 1.06. The summed E-state index contributed by atoms with van der Waals surface area (Å²) in [6.07, 6.45) is 3.26. The summed E-state index contributed by atoms with van der Waals surface area (Å²) >= 11 is 0. The first-order valence-electron chi connectivity index (χ1n) is 7.56. The third kappa shape index (κ3) is 3.77. The Labute approximate surface area is 146 Å². The van der Waals surface area contributed by atoms with Crippen molar-refractivity contribution in [1.29, 1.82) is 0 Å². The van der Waals surface area contributed by atoms with Crippen LogP contribution in [0.1, 0.15) is 17.0 Å². The normalized spacial score (nSPS) is 13.6. The number of aryl methyl sites for hydroxylation is 1. The molecule has 8 nitrogen and oxygen atoms in total. The standard InChI is InChI=1S/C16H19N3O5S/c1-11-16(14(24-18-11)6-7-19(2)3)25(20,21)17-9-12-4-5-13-15(8-12)23-10-22-13/h4-8,17H,9-10H2,1-3H3/b7-6+. The molecule has 1 aliphatic rings. The van der Waals surface area contributed by atoms with E-state index in [4.69, 9.17) is 14.0 Å². The number of sulfonamides is 1. The second-order valence-electron chi connectivity index (χ2n) is 5.75. The lowest BCUT2D eigenvalue weighted by Crippen LogP contribution is -2.24. The van der Waals surface area contributed by atoms with Gasteiger partial charge < -0.3 is 18.9 Å². The quantitative estimate of drug-likeness (QED) is 0.833. The van der Waals surface area contributed by atoms with Gasteiger partial charge in [0.1, 0.15) is 5.69 Å². The molecule has 1 aromatic carbocycles. The lowest BCUT2D eigenvalue weighted by atomic mass is 10.2. The maximum Gasteiger partial charge on any atom is 0.246 e. The first-order chi connectivity index (χ1) is 11.9. The zero-order valence-electron chi connectivity index (χ0n) is 14.1. The fourth-order valence-electron chi connectivity index (χ4n) is 2.33. The van der Waals surface area contributed by atoms with E-state index < -0.39 is 10.0 Å². The third-order valence-electron chi connectivity index (χ3n) is 3.53. The minimum atomic E-state index is -3.79. The van der Waals surface area contributed by atoms with Crippen molar-refractivity contribution in [3.05, 3.63) is 41.4 Å². The van der Waals surface area contributed by atoms with Gasteiger partial charge in [-0.3, -0.25) is 0 Å². The van der Waals surface area contributed by atoms with Crippen molar-refractivity contribution in [3.8, 4) is 11.5 Å². The molecule has 0 amide bonds. The molecule has 1 N–H and O–H groups in total. The van der Waals surface area contributed by atoms with Crippen molar-refractivity contribution in [1.82, 2.24) is 14.8 Å². The topological polar surface area (TPSA) is 93.9 Å². The Hall–Kier alpha value is -2.52. The maximum absolute atomic E-state index is 12.7. The van der Waals surface area contributed by atoms with Gasteiger partial charge in [-0.1, -0.05) is 11.2 Å². The summed E-state index contributed by atoms with van der Waals surface area (Å²) in [7, 11) is -0.136. The molecule has 3 rings (SSSR count). The largest absolute Gasteiger partial charge is 0.454 e. The Morgan fingerprint density at radius 2 is 2.04 bits per heavy atom. The summed E-state index contributed by atoms with van der Waals surface area (Å²) in [4.78, 5) is 1.81. The molecule has 0 aliphatic carbocycles. The second kappa shape index (κ2) is 6.77. The van der Waals surface area contributed by atoms with Crippen LogP contribution in [0.5, 0.6) is 11.5 Å². The van der Waals surface area contributed by atoms with Crippen molar-refractivity contribution in [2.45, 2.75) is 18.4 Å². The molecule has 0 saturated carbocycles. The fraction of sp³-hybridized carbons (Fsp3) is 0.312. The number of nitrogens with zero attached hydrogens (tertiary/aromatic N) is 2. The van der Waals surface area contributed by atoms with Crippen LogP contribution >= 0.6 is 0 Å². The second-order valence-corrected chi connectivity index (χ2v) is 7.46.